The minimum Gasteiger partial charge on any atom is -0.496 e. The summed E-state index contributed by atoms with van der Waals surface area (Å²) < 4.78 is 8.05. The summed E-state index contributed by atoms with van der Waals surface area (Å²) in [5.74, 6) is 0.782. The van der Waals surface area contributed by atoms with E-state index in [2.05, 4.69) is 21.0 Å². The number of nitrogens with zero attached hydrogens (tertiary/aromatic N) is 2. The monoisotopic (exact) mass is 295 g/mol. The van der Waals surface area contributed by atoms with E-state index >= 15 is 0 Å². The highest BCUT2D eigenvalue weighted by molar-refractivity contribution is 9.10. The van der Waals surface area contributed by atoms with Crippen molar-refractivity contribution in [2.24, 2.45) is 5.73 Å². The second-order valence-corrected chi connectivity index (χ2v) is 4.70. The summed E-state index contributed by atoms with van der Waals surface area (Å²) in [6.07, 6.45) is 3.63. The topological polar surface area (TPSA) is 53.1 Å². The van der Waals surface area contributed by atoms with E-state index in [-0.39, 0.29) is 6.04 Å². The first-order chi connectivity index (χ1) is 8.13. The zero-order valence-electron chi connectivity index (χ0n) is 9.72. The van der Waals surface area contributed by atoms with Gasteiger partial charge in [-0.05, 0) is 35.0 Å². The number of benzene rings is 1. The molecule has 2 rings (SSSR count). The van der Waals surface area contributed by atoms with Crippen molar-refractivity contribution >= 4 is 15.9 Å². The molecule has 0 saturated heterocycles. The van der Waals surface area contributed by atoms with Crippen LogP contribution >= 0.6 is 15.9 Å². The molecule has 2 N–H and O–H groups in total. The van der Waals surface area contributed by atoms with Crippen molar-refractivity contribution < 1.29 is 4.74 Å². The van der Waals surface area contributed by atoms with Gasteiger partial charge in [0.2, 0.25) is 0 Å². The highest BCUT2D eigenvalue weighted by atomic mass is 79.9. The normalized spacial score (nSPS) is 12.5. The van der Waals surface area contributed by atoms with Gasteiger partial charge in [-0.2, -0.15) is 5.10 Å². The molecule has 0 bridgehead atoms. The minimum atomic E-state index is -0.121. The third-order valence-electron chi connectivity index (χ3n) is 2.52. The Hall–Kier alpha value is -1.33. The van der Waals surface area contributed by atoms with Gasteiger partial charge in [0.1, 0.15) is 5.75 Å². The van der Waals surface area contributed by atoms with Gasteiger partial charge >= 0.3 is 0 Å². The number of hydrogen-bond donors (Lipinski definition) is 1. The maximum absolute atomic E-state index is 6.00. The fraction of sp³-hybridized carbons (Fsp3) is 0.250. The number of nitrogens with two attached hydrogens (primary N) is 1. The van der Waals surface area contributed by atoms with Crippen LogP contribution in [0.5, 0.6) is 5.75 Å². The SMILES string of the molecule is COc1cccc(-n2cc(Br)cn2)c1[C@H](C)N. The van der Waals surface area contributed by atoms with Crippen LogP contribution in [0.2, 0.25) is 0 Å². The van der Waals surface area contributed by atoms with Crippen LogP contribution in [0.4, 0.5) is 0 Å². The van der Waals surface area contributed by atoms with Crippen LogP contribution in [-0.4, -0.2) is 16.9 Å². The van der Waals surface area contributed by atoms with Gasteiger partial charge in [-0.15, -0.1) is 0 Å². The third-order valence-corrected chi connectivity index (χ3v) is 2.93. The molecule has 0 unspecified atom stereocenters. The molecule has 5 heteroatoms. The van der Waals surface area contributed by atoms with Crippen LogP contribution in [0.25, 0.3) is 5.69 Å². The summed E-state index contributed by atoms with van der Waals surface area (Å²) in [6.45, 7) is 1.93. The van der Waals surface area contributed by atoms with E-state index in [1.165, 1.54) is 0 Å². The molecule has 0 saturated carbocycles. The standard InChI is InChI=1S/C12H14BrN3O/c1-8(14)12-10(4-3-5-11(12)17-2)16-7-9(13)6-15-16/h3-8H,14H2,1-2H3/t8-/m0/s1. The molecule has 1 aromatic carbocycles. The van der Waals surface area contributed by atoms with Crippen LogP contribution < -0.4 is 10.5 Å². The average molecular weight is 296 g/mol. The molecule has 90 valence electrons. The molecule has 0 amide bonds. The number of rotatable bonds is 3. The smallest absolute Gasteiger partial charge is 0.125 e. The summed E-state index contributed by atoms with van der Waals surface area (Å²) in [5, 5.41) is 4.26. The van der Waals surface area contributed by atoms with E-state index in [9.17, 15) is 0 Å². The Labute approximate surface area is 109 Å². The maximum Gasteiger partial charge on any atom is 0.125 e. The first-order valence-electron chi connectivity index (χ1n) is 5.26. The van der Waals surface area contributed by atoms with E-state index in [0.29, 0.717) is 0 Å². The van der Waals surface area contributed by atoms with Crippen LogP contribution in [0, 0.1) is 0 Å². The lowest BCUT2D eigenvalue weighted by molar-refractivity contribution is 0.406. The Morgan fingerprint density at radius 1 is 1.47 bits per heavy atom. The molecule has 17 heavy (non-hydrogen) atoms. The van der Waals surface area contributed by atoms with Crippen molar-refractivity contribution in [3.05, 3.63) is 40.6 Å². The van der Waals surface area contributed by atoms with E-state index in [0.717, 1.165) is 21.5 Å². The summed E-state index contributed by atoms with van der Waals surface area (Å²) >= 11 is 3.38. The summed E-state index contributed by atoms with van der Waals surface area (Å²) in [4.78, 5) is 0. The number of ether oxygens (including phenoxy) is 1. The zero-order chi connectivity index (χ0) is 12.4. The fourth-order valence-electron chi connectivity index (χ4n) is 1.80. The average Bonchev–Trinajstić information content (AvgIpc) is 2.74. The molecular weight excluding hydrogens is 282 g/mol. The third kappa shape index (κ3) is 2.35. The van der Waals surface area contributed by atoms with E-state index in [4.69, 9.17) is 10.5 Å². The van der Waals surface area contributed by atoms with E-state index in [1.807, 2.05) is 31.3 Å². The molecule has 1 heterocycles. The van der Waals surface area contributed by atoms with Gasteiger partial charge in [-0.25, -0.2) is 4.68 Å². The van der Waals surface area contributed by atoms with E-state index in [1.54, 1.807) is 18.0 Å². The molecule has 4 nitrogen and oxygen atoms in total. The number of aromatic nitrogens is 2. The number of methoxy groups -OCH3 is 1. The first-order valence-corrected chi connectivity index (χ1v) is 6.06. The predicted molar refractivity (Wildman–Crippen MR) is 70.4 cm³/mol. The molecule has 2 aromatic rings. The lowest BCUT2D eigenvalue weighted by Crippen LogP contribution is -2.11. The predicted octanol–water partition coefficient (Wildman–Crippen LogP) is 2.66. The molecule has 0 fully saturated rings. The molecule has 1 aromatic heterocycles. The van der Waals surface area contributed by atoms with E-state index < -0.39 is 0 Å². The Morgan fingerprint density at radius 2 is 2.24 bits per heavy atom. The Kier molecular flexibility index (Phi) is 3.49. The highest BCUT2D eigenvalue weighted by Gasteiger charge is 2.14. The molecule has 0 aliphatic carbocycles. The highest BCUT2D eigenvalue weighted by Crippen LogP contribution is 2.30. The Balaban J connectivity index is 2.60. The molecule has 0 aliphatic rings. The second-order valence-electron chi connectivity index (χ2n) is 3.78. The lowest BCUT2D eigenvalue weighted by Gasteiger charge is -2.16. The van der Waals surface area contributed by atoms with Crippen molar-refractivity contribution in [1.29, 1.82) is 0 Å². The lowest BCUT2D eigenvalue weighted by atomic mass is 10.1. The van der Waals surface area contributed by atoms with Crippen molar-refractivity contribution in [1.82, 2.24) is 9.78 Å². The fourth-order valence-corrected chi connectivity index (χ4v) is 2.09. The molecular formula is C12H14BrN3O. The first kappa shape index (κ1) is 12.1. The van der Waals surface area contributed by atoms with Crippen LogP contribution in [0.3, 0.4) is 0 Å². The zero-order valence-corrected chi connectivity index (χ0v) is 11.3. The van der Waals surface area contributed by atoms with Crippen molar-refractivity contribution in [2.45, 2.75) is 13.0 Å². The van der Waals surface area contributed by atoms with Gasteiger partial charge in [-0.3, -0.25) is 0 Å². The summed E-state index contributed by atoms with van der Waals surface area (Å²) in [6, 6.07) is 5.68. The van der Waals surface area contributed by atoms with Crippen molar-refractivity contribution in [3.63, 3.8) is 0 Å². The van der Waals surface area contributed by atoms with Crippen molar-refractivity contribution in [2.75, 3.05) is 7.11 Å². The minimum absolute atomic E-state index is 0.121. The van der Waals surface area contributed by atoms with Crippen molar-refractivity contribution in [3.8, 4) is 11.4 Å². The van der Waals surface area contributed by atoms with Gasteiger partial charge in [0.25, 0.3) is 0 Å². The largest absolute Gasteiger partial charge is 0.496 e. The molecule has 0 spiro atoms. The molecule has 0 radical (unpaired) electrons. The molecule has 0 aliphatic heterocycles. The van der Waals surface area contributed by atoms with Gasteiger partial charge in [0.15, 0.2) is 0 Å². The summed E-state index contributed by atoms with van der Waals surface area (Å²) in [5.41, 5.74) is 7.89. The molecule has 1 atom stereocenters. The number of hydrogen-bond acceptors (Lipinski definition) is 3. The van der Waals surface area contributed by atoms with Crippen LogP contribution in [0.1, 0.15) is 18.5 Å². The van der Waals surface area contributed by atoms with Crippen LogP contribution in [0.15, 0.2) is 35.1 Å². The maximum atomic E-state index is 6.00. The van der Waals surface area contributed by atoms with Gasteiger partial charge < -0.3 is 10.5 Å². The Bertz CT molecular complexity index is 522. The quantitative estimate of drug-likeness (QED) is 0.947. The van der Waals surface area contributed by atoms with Crippen LogP contribution in [-0.2, 0) is 0 Å². The van der Waals surface area contributed by atoms with Gasteiger partial charge in [0.05, 0.1) is 23.5 Å². The Morgan fingerprint density at radius 3 is 2.76 bits per heavy atom. The van der Waals surface area contributed by atoms with Gasteiger partial charge in [0, 0.05) is 17.8 Å². The second kappa shape index (κ2) is 4.89. The van der Waals surface area contributed by atoms with Gasteiger partial charge in [-0.1, -0.05) is 6.07 Å². The number of halogens is 1. The summed E-state index contributed by atoms with van der Waals surface area (Å²) in [7, 11) is 1.64.